The van der Waals surface area contributed by atoms with Gasteiger partial charge in [-0.05, 0) is 60.9 Å². The highest BCUT2D eigenvalue weighted by molar-refractivity contribution is 5.97. The zero-order valence-electron chi connectivity index (χ0n) is 19.7. The van der Waals surface area contributed by atoms with Crippen molar-refractivity contribution in [3.8, 4) is 28.1 Å². The van der Waals surface area contributed by atoms with Crippen LogP contribution in [0.3, 0.4) is 0 Å². The molecule has 1 aromatic heterocycles. The lowest BCUT2D eigenvalue weighted by molar-refractivity contribution is -0.120. The third-order valence-corrected chi connectivity index (χ3v) is 6.42. The van der Waals surface area contributed by atoms with E-state index in [9.17, 15) is 4.79 Å². The molecular formula is C29H28N4O2. The zero-order chi connectivity index (χ0) is 24.0. The third kappa shape index (κ3) is 5.17. The first-order valence-corrected chi connectivity index (χ1v) is 11.9. The van der Waals surface area contributed by atoms with Gasteiger partial charge in [0, 0.05) is 29.9 Å². The van der Waals surface area contributed by atoms with Crippen LogP contribution in [0, 0.1) is 5.92 Å². The molecule has 0 aliphatic carbocycles. The van der Waals surface area contributed by atoms with Crippen LogP contribution in [0.1, 0.15) is 12.8 Å². The molecule has 4 aromatic rings. The van der Waals surface area contributed by atoms with Crippen LogP contribution in [0.15, 0.2) is 91.0 Å². The molecule has 5 rings (SSSR count). The number of benzene rings is 3. The lowest BCUT2D eigenvalue weighted by Crippen LogP contribution is -2.41. The number of hydrogen-bond donors (Lipinski definition) is 1. The molecule has 1 amide bonds. The summed E-state index contributed by atoms with van der Waals surface area (Å²) < 4.78 is 5.22. The highest BCUT2D eigenvalue weighted by Gasteiger charge is 2.27. The normalized spacial score (nSPS) is 15.5. The summed E-state index contributed by atoms with van der Waals surface area (Å²) in [6.07, 6.45) is 1.79. The molecule has 6 heteroatoms. The van der Waals surface area contributed by atoms with Gasteiger partial charge < -0.3 is 15.0 Å². The van der Waals surface area contributed by atoms with Gasteiger partial charge in [-0.15, -0.1) is 10.2 Å². The Morgan fingerprint density at radius 1 is 0.886 bits per heavy atom. The van der Waals surface area contributed by atoms with Gasteiger partial charge in [0.25, 0.3) is 0 Å². The predicted octanol–water partition coefficient (Wildman–Crippen LogP) is 5.67. The van der Waals surface area contributed by atoms with Crippen molar-refractivity contribution < 1.29 is 9.53 Å². The Balaban J connectivity index is 1.27. The SMILES string of the molecule is COc1ccc(-c2ccc(N3CCCC(C(=O)Nc4ccccc4-c4ccccc4)C3)nn2)cc1. The molecule has 0 radical (unpaired) electrons. The topological polar surface area (TPSA) is 67.3 Å². The molecule has 1 aliphatic heterocycles. The fourth-order valence-corrected chi connectivity index (χ4v) is 4.51. The molecule has 35 heavy (non-hydrogen) atoms. The largest absolute Gasteiger partial charge is 0.497 e. The quantitative estimate of drug-likeness (QED) is 0.398. The van der Waals surface area contributed by atoms with Crippen molar-refractivity contribution >= 4 is 17.4 Å². The first-order chi connectivity index (χ1) is 17.2. The molecule has 6 nitrogen and oxygen atoms in total. The third-order valence-electron chi connectivity index (χ3n) is 6.42. The van der Waals surface area contributed by atoms with Crippen LogP contribution in [-0.2, 0) is 4.79 Å². The second kappa shape index (κ2) is 10.4. The molecule has 0 bridgehead atoms. The Morgan fingerprint density at radius 3 is 2.40 bits per heavy atom. The van der Waals surface area contributed by atoms with E-state index in [2.05, 4.69) is 32.5 Å². The maximum atomic E-state index is 13.2. The van der Waals surface area contributed by atoms with Crippen LogP contribution in [0.2, 0.25) is 0 Å². The fourth-order valence-electron chi connectivity index (χ4n) is 4.51. The van der Waals surface area contributed by atoms with Crippen molar-refractivity contribution in [2.24, 2.45) is 5.92 Å². The van der Waals surface area contributed by atoms with Crippen molar-refractivity contribution in [3.05, 3.63) is 91.0 Å². The molecule has 1 saturated heterocycles. The number of carbonyl (C=O) groups is 1. The van der Waals surface area contributed by atoms with Gasteiger partial charge in [0.1, 0.15) is 5.75 Å². The van der Waals surface area contributed by atoms with Gasteiger partial charge in [-0.3, -0.25) is 4.79 Å². The van der Waals surface area contributed by atoms with Crippen LogP contribution in [0.25, 0.3) is 22.4 Å². The number of ether oxygens (including phenoxy) is 1. The molecule has 3 aromatic carbocycles. The minimum Gasteiger partial charge on any atom is -0.497 e. The first kappa shape index (κ1) is 22.6. The van der Waals surface area contributed by atoms with Gasteiger partial charge in [0.05, 0.1) is 18.7 Å². The molecule has 1 fully saturated rings. The summed E-state index contributed by atoms with van der Waals surface area (Å²) in [6, 6.07) is 29.8. The van der Waals surface area contributed by atoms with E-state index >= 15 is 0 Å². The standard InChI is InChI=1S/C29H28N4O2/c1-35-24-15-13-22(14-16-24)26-17-18-28(32-31-26)33-19-7-10-23(20-33)29(34)30-27-12-6-5-11-25(27)21-8-3-2-4-9-21/h2-6,8-9,11-18,23H,7,10,19-20H2,1H3,(H,30,34). The van der Waals surface area contributed by atoms with E-state index in [0.29, 0.717) is 6.54 Å². The number of rotatable bonds is 6. The zero-order valence-corrected chi connectivity index (χ0v) is 19.7. The summed E-state index contributed by atoms with van der Waals surface area (Å²) in [6.45, 7) is 1.48. The number of methoxy groups -OCH3 is 1. The van der Waals surface area contributed by atoms with Crippen molar-refractivity contribution in [2.75, 3.05) is 30.4 Å². The number of para-hydroxylation sites is 1. The van der Waals surface area contributed by atoms with E-state index in [1.165, 1.54) is 0 Å². The monoisotopic (exact) mass is 464 g/mol. The van der Waals surface area contributed by atoms with Crippen LogP contribution in [0.5, 0.6) is 5.75 Å². The van der Waals surface area contributed by atoms with Crippen molar-refractivity contribution in [2.45, 2.75) is 12.8 Å². The van der Waals surface area contributed by atoms with E-state index in [1.54, 1.807) is 7.11 Å². The number of aromatic nitrogens is 2. The Kier molecular flexibility index (Phi) is 6.70. The molecule has 1 unspecified atom stereocenters. The van der Waals surface area contributed by atoms with Crippen LogP contribution >= 0.6 is 0 Å². The van der Waals surface area contributed by atoms with E-state index in [0.717, 1.165) is 59.0 Å². The Bertz CT molecular complexity index is 1270. The van der Waals surface area contributed by atoms with Crippen LogP contribution < -0.4 is 15.0 Å². The van der Waals surface area contributed by atoms with Gasteiger partial charge in [-0.1, -0.05) is 48.5 Å². The average molecular weight is 465 g/mol. The van der Waals surface area contributed by atoms with E-state index in [1.807, 2.05) is 78.9 Å². The van der Waals surface area contributed by atoms with Gasteiger partial charge >= 0.3 is 0 Å². The molecule has 176 valence electrons. The minimum atomic E-state index is -0.115. The maximum Gasteiger partial charge on any atom is 0.229 e. The second-order valence-electron chi connectivity index (χ2n) is 8.69. The van der Waals surface area contributed by atoms with E-state index in [-0.39, 0.29) is 11.8 Å². The summed E-state index contributed by atoms with van der Waals surface area (Å²) in [7, 11) is 1.65. The van der Waals surface area contributed by atoms with Crippen LogP contribution in [-0.4, -0.2) is 36.3 Å². The Labute approximate surface area is 205 Å². The number of nitrogens with zero attached hydrogens (tertiary/aromatic N) is 3. The number of nitrogens with one attached hydrogen (secondary N) is 1. The fraction of sp³-hybridized carbons (Fsp3) is 0.207. The highest BCUT2D eigenvalue weighted by atomic mass is 16.5. The Morgan fingerprint density at radius 2 is 1.66 bits per heavy atom. The second-order valence-corrected chi connectivity index (χ2v) is 8.69. The molecular weight excluding hydrogens is 436 g/mol. The van der Waals surface area contributed by atoms with Gasteiger partial charge in [0.2, 0.25) is 5.91 Å². The smallest absolute Gasteiger partial charge is 0.229 e. The van der Waals surface area contributed by atoms with Crippen molar-refractivity contribution in [1.29, 1.82) is 0 Å². The molecule has 1 N–H and O–H groups in total. The minimum absolute atomic E-state index is 0.0425. The Hall–Kier alpha value is -4.19. The highest BCUT2D eigenvalue weighted by Crippen LogP contribution is 2.29. The maximum absolute atomic E-state index is 13.2. The van der Waals surface area contributed by atoms with Gasteiger partial charge in [0.15, 0.2) is 5.82 Å². The van der Waals surface area contributed by atoms with Crippen molar-refractivity contribution in [3.63, 3.8) is 0 Å². The summed E-state index contributed by atoms with van der Waals surface area (Å²) in [5.74, 6) is 1.53. The number of piperidine rings is 1. The molecule has 1 aliphatic rings. The van der Waals surface area contributed by atoms with Gasteiger partial charge in [-0.25, -0.2) is 0 Å². The lowest BCUT2D eigenvalue weighted by atomic mass is 9.96. The van der Waals surface area contributed by atoms with E-state index < -0.39 is 0 Å². The molecule has 0 saturated carbocycles. The summed E-state index contributed by atoms with van der Waals surface area (Å²) in [4.78, 5) is 15.4. The summed E-state index contributed by atoms with van der Waals surface area (Å²) in [5.41, 5.74) is 4.73. The van der Waals surface area contributed by atoms with Crippen LogP contribution in [0.4, 0.5) is 11.5 Å². The van der Waals surface area contributed by atoms with Crippen molar-refractivity contribution in [1.82, 2.24) is 10.2 Å². The number of amides is 1. The summed E-state index contributed by atoms with van der Waals surface area (Å²) in [5, 5.41) is 12.1. The van der Waals surface area contributed by atoms with E-state index in [4.69, 9.17) is 4.74 Å². The number of hydrogen-bond acceptors (Lipinski definition) is 5. The number of anilines is 2. The number of carbonyl (C=O) groups excluding carboxylic acids is 1. The predicted molar refractivity (Wildman–Crippen MR) is 139 cm³/mol. The lowest BCUT2D eigenvalue weighted by Gasteiger charge is -2.32. The molecule has 1 atom stereocenters. The average Bonchev–Trinajstić information content (AvgIpc) is 2.94. The molecule has 0 spiro atoms. The molecule has 2 heterocycles. The summed E-state index contributed by atoms with van der Waals surface area (Å²) >= 11 is 0. The van der Waals surface area contributed by atoms with Gasteiger partial charge in [-0.2, -0.15) is 0 Å². The first-order valence-electron chi connectivity index (χ1n) is 11.9.